The molecule has 0 aromatic rings. The van der Waals surface area contributed by atoms with Crippen molar-refractivity contribution in [3.8, 4) is 0 Å². The Morgan fingerprint density at radius 2 is 2.00 bits per heavy atom. The third-order valence-electron chi connectivity index (χ3n) is 0.984. The van der Waals surface area contributed by atoms with Gasteiger partial charge < -0.3 is 5.73 Å². The molecule has 0 saturated heterocycles. The van der Waals surface area contributed by atoms with E-state index in [1.165, 1.54) is 0 Å². The molecule has 0 unspecified atom stereocenters. The van der Waals surface area contributed by atoms with E-state index in [1.807, 2.05) is 20.8 Å². The molecule has 53 valence electrons. The Morgan fingerprint density at radius 1 is 1.56 bits per heavy atom. The van der Waals surface area contributed by atoms with Gasteiger partial charge in [0.05, 0.1) is 6.04 Å². The summed E-state index contributed by atoms with van der Waals surface area (Å²) in [5.41, 5.74) is 5.47. The molecular formula is C7H14NO. The van der Waals surface area contributed by atoms with Crippen molar-refractivity contribution in [2.75, 3.05) is 0 Å². The Balaban J connectivity index is 3.59. The first-order chi connectivity index (χ1) is 3.95. The van der Waals surface area contributed by atoms with Gasteiger partial charge in [-0.1, -0.05) is 20.8 Å². The van der Waals surface area contributed by atoms with E-state index >= 15 is 0 Å². The molecule has 0 aromatic carbocycles. The van der Waals surface area contributed by atoms with Gasteiger partial charge in [-0.2, -0.15) is 0 Å². The van der Waals surface area contributed by atoms with E-state index in [9.17, 15) is 4.79 Å². The predicted molar refractivity (Wildman–Crippen MR) is 37.7 cm³/mol. The average Bonchev–Trinajstić information content (AvgIpc) is 1.62. The van der Waals surface area contributed by atoms with Crippen LogP contribution in [0.4, 0.5) is 0 Å². The summed E-state index contributed by atoms with van der Waals surface area (Å²) < 4.78 is 0. The van der Waals surface area contributed by atoms with Crippen LogP contribution in [-0.2, 0) is 4.79 Å². The zero-order valence-electron chi connectivity index (χ0n) is 6.27. The van der Waals surface area contributed by atoms with Crippen LogP contribution in [0.25, 0.3) is 0 Å². The second-order valence-corrected chi connectivity index (χ2v) is 3.49. The lowest BCUT2D eigenvalue weighted by Crippen LogP contribution is -2.27. The lowest BCUT2D eigenvalue weighted by Gasteiger charge is -2.18. The van der Waals surface area contributed by atoms with Crippen LogP contribution in [0.15, 0.2) is 0 Å². The van der Waals surface area contributed by atoms with Crippen LogP contribution in [0.5, 0.6) is 0 Å². The van der Waals surface area contributed by atoms with Crippen LogP contribution >= 0.6 is 0 Å². The van der Waals surface area contributed by atoms with Crippen molar-refractivity contribution in [1.82, 2.24) is 0 Å². The summed E-state index contributed by atoms with van der Waals surface area (Å²) >= 11 is 0. The summed E-state index contributed by atoms with van der Waals surface area (Å²) in [4.78, 5) is 9.93. The molecule has 0 fully saturated rings. The Morgan fingerprint density at radius 3 is 2.11 bits per heavy atom. The molecule has 0 aromatic heterocycles. The quantitative estimate of drug-likeness (QED) is 0.599. The molecule has 1 radical (unpaired) electrons. The fraction of sp³-hybridized carbons (Fsp3) is 0.857. The minimum Gasteiger partial charge on any atom is -0.321 e. The predicted octanol–water partition coefficient (Wildman–Crippen LogP) is 0.860. The molecule has 2 heteroatoms. The summed E-state index contributed by atoms with van der Waals surface area (Å²) in [7, 11) is 0. The Bertz CT molecular complexity index is 93.6. The number of hydrogen-bond acceptors (Lipinski definition) is 2. The molecule has 1 atom stereocenters. The van der Waals surface area contributed by atoms with E-state index in [-0.39, 0.29) is 5.41 Å². The van der Waals surface area contributed by atoms with Crippen molar-refractivity contribution in [2.45, 2.75) is 33.2 Å². The van der Waals surface area contributed by atoms with Crippen molar-refractivity contribution in [1.29, 1.82) is 0 Å². The second-order valence-electron chi connectivity index (χ2n) is 3.49. The fourth-order valence-corrected chi connectivity index (χ4v) is 0.701. The lowest BCUT2D eigenvalue weighted by molar-refractivity contribution is 0.362. The second kappa shape index (κ2) is 2.97. The zero-order chi connectivity index (χ0) is 7.49. The Kier molecular flexibility index (Phi) is 2.85. The molecule has 0 spiro atoms. The van der Waals surface area contributed by atoms with E-state index in [0.29, 0.717) is 6.42 Å². The molecule has 9 heavy (non-hydrogen) atoms. The van der Waals surface area contributed by atoms with Crippen LogP contribution < -0.4 is 5.73 Å². The van der Waals surface area contributed by atoms with Gasteiger partial charge in [-0.05, 0) is 11.8 Å². The van der Waals surface area contributed by atoms with Crippen molar-refractivity contribution in [3.63, 3.8) is 0 Å². The molecule has 0 rings (SSSR count). The lowest BCUT2D eigenvalue weighted by atomic mass is 9.89. The molecule has 0 amide bonds. The highest BCUT2D eigenvalue weighted by atomic mass is 16.1. The molecule has 0 saturated carbocycles. The standard InChI is InChI=1S/C7H14NO/c1-7(2,3)4-6(8)5-9/h6H,4,8H2,1-3H3/t6-/m0/s1. The minimum atomic E-state index is -0.412. The Hall–Kier alpha value is -0.370. The molecular weight excluding hydrogens is 114 g/mol. The summed E-state index contributed by atoms with van der Waals surface area (Å²) in [5, 5.41) is 0. The molecule has 0 aliphatic carbocycles. The van der Waals surface area contributed by atoms with E-state index in [0.717, 1.165) is 0 Å². The number of carbonyl (C=O) groups excluding carboxylic acids is 1. The minimum absolute atomic E-state index is 0.136. The molecule has 0 heterocycles. The summed E-state index contributed by atoms with van der Waals surface area (Å²) in [5.74, 6) is 0. The van der Waals surface area contributed by atoms with Crippen LogP contribution in [-0.4, -0.2) is 12.3 Å². The normalized spacial score (nSPS) is 15.1. The van der Waals surface area contributed by atoms with Gasteiger partial charge in [-0.25, -0.2) is 0 Å². The zero-order valence-corrected chi connectivity index (χ0v) is 6.27. The van der Waals surface area contributed by atoms with Crippen LogP contribution in [0.2, 0.25) is 0 Å². The van der Waals surface area contributed by atoms with Gasteiger partial charge in [0.25, 0.3) is 0 Å². The van der Waals surface area contributed by atoms with Gasteiger partial charge in [-0.3, -0.25) is 4.79 Å². The van der Waals surface area contributed by atoms with Crippen molar-refractivity contribution < 1.29 is 4.79 Å². The molecule has 2 nitrogen and oxygen atoms in total. The number of rotatable bonds is 2. The van der Waals surface area contributed by atoms with Crippen LogP contribution in [0.3, 0.4) is 0 Å². The maximum Gasteiger partial charge on any atom is 0.216 e. The third kappa shape index (κ3) is 5.50. The van der Waals surface area contributed by atoms with E-state index in [2.05, 4.69) is 0 Å². The van der Waals surface area contributed by atoms with Gasteiger partial charge >= 0.3 is 0 Å². The van der Waals surface area contributed by atoms with Crippen LogP contribution in [0, 0.1) is 5.41 Å². The largest absolute Gasteiger partial charge is 0.321 e. The van der Waals surface area contributed by atoms with Gasteiger partial charge in [-0.15, -0.1) is 0 Å². The summed E-state index contributed by atoms with van der Waals surface area (Å²) in [6, 6.07) is -0.412. The molecule has 0 aliphatic rings. The SMILES string of the molecule is CC(C)(C)C[C@H](N)[C]=O. The van der Waals surface area contributed by atoms with Crippen molar-refractivity contribution in [3.05, 3.63) is 0 Å². The molecule has 0 aliphatic heterocycles. The smallest absolute Gasteiger partial charge is 0.216 e. The van der Waals surface area contributed by atoms with Gasteiger partial charge in [0, 0.05) is 0 Å². The monoisotopic (exact) mass is 128 g/mol. The maximum atomic E-state index is 9.93. The van der Waals surface area contributed by atoms with E-state index < -0.39 is 6.04 Å². The van der Waals surface area contributed by atoms with E-state index in [1.54, 1.807) is 6.29 Å². The van der Waals surface area contributed by atoms with Gasteiger partial charge in [0.15, 0.2) is 0 Å². The van der Waals surface area contributed by atoms with E-state index in [4.69, 9.17) is 5.73 Å². The highest BCUT2D eigenvalue weighted by Crippen LogP contribution is 2.18. The Labute approximate surface area is 56.4 Å². The topological polar surface area (TPSA) is 43.1 Å². The van der Waals surface area contributed by atoms with Crippen LogP contribution in [0.1, 0.15) is 27.2 Å². The number of hydrogen-bond donors (Lipinski definition) is 1. The highest BCUT2D eigenvalue weighted by Gasteiger charge is 2.14. The summed E-state index contributed by atoms with van der Waals surface area (Å²) in [6.07, 6.45) is 2.45. The first-order valence-corrected chi connectivity index (χ1v) is 3.09. The van der Waals surface area contributed by atoms with Gasteiger partial charge in [0.2, 0.25) is 6.29 Å². The maximum absolute atomic E-state index is 9.93. The van der Waals surface area contributed by atoms with Gasteiger partial charge in [0.1, 0.15) is 0 Å². The molecule has 2 N–H and O–H groups in total. The first-order valence-electron chi connectivity index (χ1n) is 3.09. The van der Waals surface area contributed by atoms with Crippen molar-refractivity contribution in [2.24, 2.45) is 11.1 Å². The third-order valence-corrected chi connectivity index (χ3v) is 0.984. The average molecular weight is 128 g/mol. The number of nitrogens with two attached hydrogens (primary N) is 1. The summed E-state index contributed by atoms with van der Waals surface area (Å²) in [6.45, 7) is 6.14. The molecule has 0 bridgehead atoms. The highest BCUT2D eigenvalue weighted by molar-refractivity contribution is 5.57. The fourth-order valence-electron chi connectivity index (χ4n) is 0.701. The van der Waals surface area contributed by atoms with Crippen molar-refractivity contribution >= 4 is 6.29 Å². The first kappa shape index (κ1) is 8.63.